The second kappa shape index (κ2) is 6.49. The molecule has 0 spiro atoms. The van der Waals surface area contributed by atoms with Crippen molar-refractivity contribution in [1.29, 1.82) is 5.41 Å². The molecule has 0 atom stereocenters. The number of hydrogen-bond donors (Lipinski definition) is 1. The summed E-state index contributed by atoms with van der Waals surface area (Å²) >= 11 is 12.5. The first-order valence-electron chi connectivity index (χ1n) is 8.52. The van der Waals surface area contributed by atoms with Gasteiger partial charge in [-0.25, -0.2) is 0 Å². The largest absolute Gasteiger partial charge is 0.315 e. The van der Waals surface area contributed by atoms with Crippen molar-refractivity contribution in [3.05, 3.63) is 69.7 Å². The van der Waals surface area contributed by atoms with E-state index in [4.69, 9.17) is 28.6 Å². The molecule has 0 aromatic heterocycles. The molecule has 0 radical (unpaired) electrons. The molecule has 4 rings (SSSR count). The van der Waals surface area contributed by atoms with Gasteiger partial charge in [0.15, 0.2) is 0 Å². The standard InChI is InChI=1S/C21H19Cl2N3/c1-25(21(24)26(2)18-8-4-7-16(22)20(18)23)17-12-10-14-6-3-5-13-9-11-15(17)19(13)14/h3-8,10,12,24H,9,11H2,1-2H3. The quantitative estimate of drug-likeness (QED) is 0.450. The highest BCUT2D eigenvalue weighted by molar-refractivity contribution is 6.44. The van der Waals surface area contributed by atoms with Crippen LogP contribution in [0.2, 0.25) is 10.0 Å². The Bertz CT molecular complexity index is 1030. The summed E-state index contributed by atoms with van der Waals surface area (Å²) < 4.78 is 0. The van der Waals surface area contributed by atoms with Crippen LogP contribution in [0.5, 0.6) is 0 Å². The molecule has 0 bridgehead atoms. The first kappa shape index (κ1) is 17.2. The fourth-order valence-corrected chi connectivity index (χ4v) is 4.19. The van der Waals surface area contributed by atoms with Gasteiger partial charge >= 0.3 is 0 Å². The van der Waals surface area contributed by atoms with E-state index in [9.17, 15) is 0 Å². The minimum atomic E-state index is 0.342. The SMILES string of the molecule is CN(C(=N)N(C)c1ccc2cccc3c2c1CC3)c1cccc(Cl)c1Cl. The molecule has 0 saturated carbocycles. The highest BCUT2D eigenvalue weighted by Crippen LogP contribution is 2.38. The van der Waals surface area contributed by atoms with Gasteiger partial charge in [0.05, 0.1) is 15.7 Å². The number of hydrogen-bond acceptors (Lipinski definition) is 1. The van der Waals surface area contributed by atoms with Gasteiger partial charge in [-0.3, -0.25) is 5.41 Å². The molecule has 1 aliphatic carbocycles. The van der Waals surface area contributed by atoms with E-state index in [-0.39, 0.29) is 0 Å². The van der Waals surface area contributed by atoms with Gasteiger partial charge in [-0.15, -0.1) is 0 Å². The van der Waals surface area contributed by atoms with Crippen LogP contribution in [0, 0.1) is 5.41 Å². The van der Waals surface area contributed by atoms with Gasteiger partial charge < -0.3 is 9.80 Å². The van der Waals surface area contributed by atoms with Crippen LogP contribution in [-0.4, -0.2) is 20.1 Å². The first-order chi connectivity index (χ1) is 12.5. The minimum absolute atomic E-state index is 0.342. The zero-order chi connectivity index (χ0) is 18.4. The van der Waals surface area contributed by atoms with Gasteiger partial charge in [0.2, 0.25) is 5.96 Å². The molecule has 0 unspecified atom stereocenters. The Labute approximate surface area is 163 Å². The third-order valence-electron chi connectivity index (χ3n) is 5.15. The maximum Gasteiger partial charge on any atom is 0.202 e. The summed E-state index contributed by atoms with van der Waals surface area (Å²) in [6.07, 6.45) is 2.06. The summed E-state index contributed by atoms with van der Waals surface area (Å²) in [5, 5.41) is 12.2. The number of halogens is 2. The summed E-state index contributed by atoms with van der Waals surface area (Å²) in [6, 6.07) is 16.2. The van der Waals surface area contributed by atoms with Crippen LogP contribution in [0.25, 0.3) is 10.8 Å². The molecule has 0 heterocycles. The zero-order valence-corrected chi connectivity index (χ0v) is 16.2. The lowest BCUT2D eigenvalue weighted by Gasteiger charge is -2.30. The first-order valence-corrected chi connectivity index (χ1v) is 9.28. The molecule has 0 saturated heterocycles. The molecule has 1 N–H and O–H groups in total. The number of anilines is 2. The van der Waals surface area contributed by atoms with Crippen LogP contribution in [-0.2, 0) is 12.8 Å². The summed E-state index contributed by atoms with van der Waals surface area (Å²) in [7, 11) is 3.76. The van der Waals surface area contributed by atoms with Crippen LogP contribution >= 0.6 is 23.2 Å². The molecule has 0 aliphatic heterocycles. The van der Waals surface area contributed by atoms with Crippen molar-refractivity contribution in [2.75, 3.05) is 23.9 Å². The number of nitrogens with one attached hydrogen (secondary N) is 1. The lowest BCUT2D eigenvalue weighted by molar-refractivity contribution is 1.01. The second-order valence-corrected chi connectivity index (χ2v) is 7.38. The van der Waals surface area contributed by atoms with E-state index < -0.39 is 0 Å². The van der Waals surface area contributed by atoms with Crippen molar-refractivity contribution in [3.63, 3.8) is 0 Å². The molecular formula is C21H19Cl2N3. The molecule has 26 heavy (non-hydrogen) atoms. The van der Waals surface area contributed by atoms with Crippen molar-refractivity contribution in [2.24, 2.45) is 0 Å². The molecular weight excluding hydrogens is 365 g/mol. The molecule has 0 amide bonds. The Kier molecular flexibility index (Phi) is 4.29. The Morgan fingerprint density at radius 3 is 2.42 bits per heavy atom. The van der Waals surface area contributed by atoms with Gasteiger partial charge in [0.25, 0.3) is 0 Å². The lowest BCUT2D eigenvalue weighted by atomic mass is 10.0. The van der Waals surface area contributed by atoms with Crippen molar-refractivity contribution in [2.45, 2.75) is 12.8 Å². The molecule has 1 aliphatic rings. The topological polar surface area (TPSA) is 30.3 Å². The number of nitrogens with zero attached hydrogens (tertiary/aromatic N) is 2. The highest BCUT2D eigenvalue weighted by Gasteiger charge is 2.23. The van der Waals surface area contributed by atoms with Gasteiger partial charge in [0, 0.05) is 19.8 Å². The lowest BCUT2D eigenvalue weighted by Crippen LogP contribution is -2.40. The monoisotopic (exact) mass is 383 g/mol. The second-order valence-electron chi connectivity index (χ2n) is 6.59. The average Bonchev–Trinajstić information content (AvgIpc) is 3.08. The van der Waals surface area contributed by atoms with Gasteiger partial charge in [0.1, 0.15) is 0 Å². The van der Waals surface area contributed by atoms with Crippen LogP contribution in [0.1, 0.15) is 11.1 Å². The van der Waals surface area contributed by atoms with E-state index in [0.717, 1.165) is 18.5 Å². The Hall–Kier alpha value is -2.23. The van der Waals surface area contributed by atoms with Crippen LogP contribution < -0.4 is 9.80 Å². The normalized spacial score (nSPS) is 12.5. The molecule has 5 heteroatoms. The van der Waals surface area contributed by atoms with Crippen molar-refractivity contribution in [1.82, 2.24) is 0 Å². The van der Waals surface area contributed by atoms with Crippen LogP contribution in [0.3, 0.4) is 0 Å². The zero-order valence-electron chi connectivity index (χ0n) is 14.7. The molecule has 0 fully saturated rings. The summed E-state index contributed by atoms with van der Waals surface area (Å²) in [5.74, 6) is 0.342. The number of benzene rings is 3. The van der Waals surface area contributed by atoms with Crippen LogP contribution in [0.4, 0.5) is 11.4 Å². The maximum atomic E-state index is 8.69. The number of aryl methyl sites for hydroxylation is 2. The van der Waals surface area contributed by atoms with E-state index in [1.807, 2.05) is 31.1 Å². The van der Waals surface area contributed by atoms with E-state index in [1.54, 1.807) is 11.0 Å². The minimum Gasteiger partial charge on any atom is -0.315 e. The van der Waals surface area contributed by atoms with Gasteiger partial charge in [-0.05, 0) is 52.9 Å². The van der Waals surface area contributed by atoms with E-state index in [0.29, 0.717) is 21.7 Å². The Balaban J connectivity index is 1.72. The third-order valence-corrected chi connectivity index (χ3v) is 5.96. The predicted molar refractivity (Wildman–Crippen MR) is 112 cm³/mol. The number of guanidine groups is 1. The van der Waals surface area contributed by atoms with Crippen molar-refractivity contribution >= 4 is 51.3 Å². The molecule has 132 valence electrons. The number of rotatable bonds is 2. The Morgan fingerprint density at radius 1 is 0.885 bits per heavy atom. The van der Waals surface area contributed by atoms with Crippen molar-refractivity contribution < 1.29 is 0 Å². The molecule has 3 nitrogen and oxygen atoms in total. The smallest absolute Gasteiger partial charge is 0.202 e. The summed E-state index contributed by atoms with van der Waals surface area (Å²) in [5.41, 5.74) is 4.49. The van der Waals surface area contributed by atoms with Gasteiger partial charge in [-0.2, -0.15) is 0 Å². The fourth-order valence-electron chi connectivity index (χ4n) is 3.76. The van der Waals surface area contributed by atoms with Crippen LogP contribution in [0.15, 0.2) is 48.5 Å². The molecule has 3 aromatic carbocycles. The van der Waals surface area contributed by atoms with E-state index in [1.165, 1.54) is 21.9 Å². The maximum absolute atomic E-state index is 8.69. The fraction of sp³-hybridized carbons (Fsp3) is 0.190. The third kappa shape index (κ3) is 2.63. The predicted octanol–water partition coefficient (Wildman–Crippen LogP) is 5.75. The van der Waals surface area contributed by atoms with E-state index in [2.05, 4.69) is 30.3 Å². The van der Waals surface area contributed by atoms with Gasteiger partial charge in [-0.1, -0.05) is 53.5 Å². The summed E-state index contributed by atoms with van der Waals surface area (Å²) in [6.45, 7) is 0. The summed E-state index contributed by atoms with van der Waals surface area (Å²) in [4.78, 5) is 3.67. The van der Waals surface area contributed by atoms with E-state index >= 15 is 0 Å². The Morgan fingerprint density at radius 2 is 1.62 bits per heavy atom. The molecule has 3 aromatic rings. The average molecular weight is 384 g/mol. The highest BCUT2D eigenvalue weighted by atomic mass is 35.5. The van der Waals surface area contributed by atoms with Crippen molar-refractivity contribution in [3.8, 4) is 0 Å².